The Morgan fingerprint density at radius 2 is 1.75 bits per heavy atom. The molecule has 1 nitrogen and oxygen atoms in total. The molecule has 2 aliphatic rings. The highest BCUT2D eigenvalue weighted by atomic mass is 16.3. The Morgan fingerprint density at radius 1 is 1.12 bits per heavy atom. The van der Waals surface area contributed by atoms with Crippen LogP contribution in [0, 0.1) is 24.7 Å². The largest absolute Gasteiger partial charge is 0.392 e. The Labute approximate surface area is 97.5 Å². The zero-order valence-electron chi connectivity index (χ0n) is 9.89. The molecule has 1 N–H and O–H groups in total. The number of aliphatic hydroxyl groups is 1. The Morgan fingerprint density at radius 3 is 2.38 bits per heavy atom. The molecule has 1 heteroatoms. The first-order valence-corrected chi connectivity index (χ1v) is 6.46. The number of rotatable bonds is 3. The zero-order chi connectivity index (χ0) is 11.1. The molecule has 0 spiro atoms. The number of aryl methyl sites for hydroxylation is 1. The molecule has 3 atom stereocenters. The molecular formula is C15H20O. The van der Waals surface area contributed by atoms with Gasteiger partial charge in [-0.25, -0.2) is 0 Å². The first kappa shape index (κ1) is 10.3. The lowest BCUT2D eigenvalue weighted by molar-refractivity contribution is 0.104. The molecule has 0 aliphatic heterocycles. The van der Waals surface area contributed by atoms with Gasteiger partial charge in [-0.2, -0.15) is 0 Å². The molecule has 0 heterocycles. The molecular weight excluding hydrogens is 196 g/mol. The van der Waals surface area contributed by atoms with Crippen LogP contribution in [0.3, 0.4) is 0 Å². The van der Waals surface area contributed by atoms with Gasteiger partial charge in [0.2, 0.25) is 0 Å². The van der Waals surface area contributed by atoms with E-state index < -0.39 is 0 Å². The molecule has 0 saturated heterocycles. The fourth-order valence-electron chi connectivity index (χ4n) is 3.21. The summed E-state index contributed by atoms with van der Waals surface area (Å²) in [6.45, 7) is 2.10. The van der Waals surface area contributed by atoms with Crippen molar-refractivity contribution in [1.82, 2.24) is 0 Å². The van der Waals surface area contributed by atoms with Crippen LogP contribution >= 0.6 is 0 Å². The number of aliphatic hydroxyl groups excluding tert-OH is 1. The van der Waals surface area contributed by atoms with E-state index in [1.54, 1.807) is 0 Å². The fourth-order valence-corrected chi connectivity index (χ4v) is 3.21. The van der Waals surface area contributed by atoms with Crippen LogP contribution in [0.4, 0.5) is 0 Å². The molecule has 3 rings (SSSR count). The maximum Gasteiger partial charge on any atom is 0.0608 e. The topological polar surface area (TPSA) is 20.2 Å². The van der Waals surface area contributed by atoms with E-state index >= 15 is 0 Å². The van der Waals surface area contributed by atoms with E-state index in [4.69, 9.17) is 0 Å². The average Bonchev–Trinajstić information content (AvgIpc) is 2.89. The Bertz CT molecular complexity index is 358. The highest BCUT2D eigenvalue weighted by Gasteiger charge is 2.47. The minimum atomic E-state index is -0.115. The van der Waals surface area contributed by atoms with Crippen molar-refractivity contribution in [2.45, 2.75) is 38.7 Å². The summed E-state index contributed by atoms with van der Waals surface area (Å²) >= 11 is 0. The van der Waals surface area contributed by atoms with E-state index in [9.17, 15) is 5.11 Å². The lowest BCUT2D eigenvalue weighted by atomic mass is 9.92. The second-order valence-corrected chi connectivity index (χ2v) is 5.74. The van der Waals surface area contributed by atoms with Crippen LogP contribution < -0.4 is 0 Å². The lowest BCUT2D eigenvalue weighted by Crippen LogP contribution is -2.21. The standard InChI is InChI=1S/C15H20O/c1-10-2-4-11(5-3-10)6-15(16)14-8-12-7-13(12)9-14/h2-5,12-16H,6-9H2,1H3. The van der Waals surface area contributed by atoms with Gasteiger partial charge in [0, 0.05) is 0 Å². The van der Waals surface area contributed by atoms with Crippen molar-refractivity contribution in [2.24, 2.45) is 17.8 Å². The quantitative estimate of drug-likeness (QED) is 0.823. The average molecular weight is 216 g/mol. The normalized spacial score (nSPS) is 33.5. The van der Waals surface area contributed by atoms with Gasteiger partial charge < -0.3 is 5.11 Å². The monoisotopic (exact) mass is 216 g/mol. The molecule has 16 heavy (non-hydrogen) atoms. The summed E-state index contributed by atoms with van der Waals surface area (Å²) in [6, 6.07) is 8.56. The van der Waals surface area contributed by atoms with Crippen molar-refractivity contribution in [1.29, 1.82) is 0 Å². The first-order chi connectivity index (χ1) is 7.72. The predicted molar refractivity (Wildman–Crippen MR) is 65.2 cm³/mol. The Kier molecular flexibility index (Phi) is 2.51. The number of fused-ring (bicyclic) bond motifs is 1. The summed E-state index contributed by atoms with van der Waals surface area (Å²) in [4.78, 5) is 0. The summed E-state index contributed by atoms with van der Waals surface area (Å²) < 4.78 is 0. The molecule has 0 amide bonds. The van der Waals surface area contributed by atoms with Gasteiger partial charge in [0.1, 0.15) is 0 Å². The zero-order valence-corrected chi connectivity index (χ0v) is 9.89. The van der Waals surface area contributed by atoms with E-state index in [0.29, 0.717) is 5.92 Å². The third-order valence-corrected chi connectivity index (χ3v) is 4.39. The van der Waals surface area contributed by atoms with Crippen LogP contribution in [0.2, 0.25) is 0 Å². The van der Waals surface area contributed by atoms with E-state index in [1.807, 2.05) is 0 Å². The fraction of sp³-hybridized carbons (Fsp3) is 0.600. The molecule has 3 unspecified atom stereocenters. The first-order valence-electron chi connectivity index (χ1n) is 6.46. The molecule has 0 bridgehead atoms. The molecule has 0 radical (unpaired) electrons. The van der Waals surface area contributed by atoms with Crippen LogP contribution in [-0.4, -0.2) is 11.2 Å². The molecule has 0 aromatic heterocycles. The number of hydrogen-bond acceptors (Lipinski definition) is 1. The van der Waals surface area contributed by atoms with E-state index in [0.717, 1.165) is 18.3 Å². The summed E-state index contributed by atoms with van der Waals surface area (Å²) in [5, 5.41) is 10.2. The highest BCUT2D eigenvalue weighted by molar-refractivity contribution is 5.22. The van der Waals surface area contributed by atoms with Crippen molar-refractivity contribution in [3.05, 3.63) is 35.4 Å². The van der Waals surface area contributed by atoms with Crippen molar-refractivity contribution in [3.63, 3.8) is 0 Å². The van der Waals surface area contributed by atoms with E-state index in [1.165, 1.54) is 30.4 Å². The Balaban J connectivity index is 1.59. The van der Waals surface area contributed by atoms with Gasteiger partial charge in [0.05, 0.1) is 6.10 Å². The van der Waals surface area contributed by atoms with E-state index in [2.05, 4.69) is 31.2 Å². The van der Waals surface area contributed by atoms with Crippen LogP contribution in [0.25, 0.3) is 0 Å². The lowest BCUT2D eigenvalue weighted by Gasteiger charge is -2.19. The summed E-state index contributed by atoms with van der Waals surface area (Å²) in [7, 11) is 0. The predicted octanol–water partition coefficient (Wildman–Crippen LogP) is 2.94. The van der Waals surface area contributed by atoms with Gasteiger partial charge in [-0.1, -0.05) is 29.8 Å². The number of hydrogen-bond donors (Lipinski definition) is 1. The van der Waals surface area contributed by atoms with Gasteiger partial charge in [-0.15, -0.1) is 0 Å². The second kappa shape index (κ2) is 3.89. The molecule has 86 valence electrons. The summed E-state index contributed by atoms with van der Waals surface area (Å²) in [5.74, 6) is 2.51. The third-order valence-electron chi connectivity index (χ3n) is 4.39. The van der Waals surface area contributed by atoms with Gasteiger partial charge in [-0.3, -0.25) is 0 Å². The molecule has 2 fully saturated rings. The third kappa shape index (κ3) is 2.01. The van der Waals surface area contributed by atoms with Crippen LogP contribution in [0.1, 0.15) is 30.4 Å². The van der Waals surface area contributed by atoms with Crippen molar-refractivity contribution in [2.75, 3.05) is 0 Å². The SMILES string of the molecule is Cc1ccc(CC(O)C2CC3CC3C2)cc1. The van der Waals surface area contributed by atoms with Crippen LogP contribution in [0.15, 0.2) is 24.3 Å². The van der Waals surface area contributed by atoms with Gasteiger partial charge in [0.15, 0.2) is 0 Å². The van der Waals surface area contributed by atoms with Gasteiger partial charge >= 0.3 is 0 Å². The molecule has 1 aromatic carbocycles. The van der Waals surface area contributed by atoms with E-state index in [-0.39, 0.29) is 6.10 Å². The summed E-state index contributed by atoms with van der Waals surface area (Å²) in [6.07, 6.45) is 4.71. The maximum atomic E-state index is 10.2. The van der Waals surface area contributed by atoms with Crippen molar-refractivity contribution >= 4 is 0 Å². The summed E-state index contributed by atoms with van der Waals surface area (Å²) in [5.41, 5.74) is 2.57. The second-order valence-electron chi connectivity index (χ2n) is 5.74. The molecule has 1 aromatic rings. The number of benzene rings is 1. The van der Waals surface area contributed by atoms with Crippen LogP contribution in [-0.2, 0) is 6.42 Å². The van der Waals surface area contributed by atoms with Gasteiger partial charge in [-0.05, 0) is 55.9 Å². The maximum absolute atomic E-state index is 10.2. The Hall–Kier alpha value is -0.820. The minimum absolute atomic E-state index is 0.115. The van der Waals surface area contributed by atoms with Gasteiger partial charge in [0.25, 0.3) is 0 Å². The molecule has 2 saturated carbocycles. The van der Waals surface area contributed by atoms with Crippen LogP contribution in [0.5, 0.6) is 0 Å². The van der Waals surface area contributed by atoms with Crippen molar-refractivity contribution in [3.8, 4) is 0 Å². The van der Waals surface area contributed by atoms with Crippen molar-refractivity contribution < 1.29 is 5.11 Å². The smallest absolute Gasteiger partial charge is 0.0608 e. The molecule has 2 aliphatic carbocycles. The minimum Gasteiger partial charge on any atom is -0.392 e. The highest BCUT2D eigenvalue weighted by Crippen LogP contribution is 2.55.